The summed E-state index contributed by atoms with van der Waals surface area (Å²) in [4.78, 5) is 19.6. The number of aryl methyl sites for hydroxylation is 1. The van der Waals surface area contributed by atoms with Crippen LogP contribution in [0.4, 0.5) is 5.82 Å². The van der Waals surface area contributed by atoms with Crippen LogP contribution in [0.3, 0.4) is 0 Å². The lowest BCUT2D eigenvalue weighted by Gasteiger charge is -2.16. The van der Waals surface area contributed by atoms with E-state index >= 15 is 0 Å². The Bertz CT molecular complexity index is 1080. The largest absolute Gasteiger partial charge is 0.357 e. The van der Waals surface area contributed by atoms with Crippen molar-refractivity contribution in [2.45, 2.75) is 58.3 Å². The van der Waals surface area contributed by atoms with Crippen molar-refractivity contribution < 1.29 is 4.79 Å². The molecule has 5 nitrogen and oxygen atoms in total. The normalized spacial score (nSPS) is 14.2. The van der Waals surface area contributed by atoms with E-state index in [0.29, 0.717) is 24.3 Å². The zero-order chi connectivity index (χ0) is 22.7. The molecular weight excluding hydrogens is 420 g/mol. The molecule has 3 heterocycles. The molecule has 6 heteroatoms. The summed E-state index contributed by atoms with van der Waals surface area (Å²) in [5, 5.41) is 5.50. The molecule has 1 aromatic carbocycles. The molecular formula is C26H31ClN4O. The average molecular weight is 451 g/mol. The number of hydrogen-bond donors (Lipinski definition) is 0. The predicted molar refractivity (Wildman–Crippen MR) is 130 cm³/mol. The van der Waals surface area contributed by atoms with Gasteiger partial charge >= 0.3 is 0 Å². The van der Waals surface area contributed by atoms with Crippen molar-refractivity contribution in [3.05, 3.63) is 70.6 Å². The Morgan fingerprint density at radius 2 is 1.88 bits per heavy atom. The van der Waals surface area contributed by atoms with Crippen LogP contribution in [0.15, 0.2) is 48.7 Å². The smallest absolute Gasteiger partial charge is 0.137 e. The van der Waals surface area contributed by atoms with E-state index < -0.39 is 0 Å². The number of anilines is 1. The molecule has 1 fully saturated rings. The second-order valence-corrected chi connectivity index (χ2v) is 10.0. The summed E-state index contributed by atoms with van der Waals surface area (Å²) >= 11 is 6.21. The number of Topliss-reactive ketones (excluding diaryl/α,β-unsaturated/α-hetero) is 1. The van der Waals surface area contributed by atoms with Crippen LogP contribution < -0.4 is 4.90 Å². The quantitative estimate of drug-likeness (QED) is 0.472. The summed E-state index contributed by atoms with van der Waals surface area (Å²) in [5.41, 5.74) is 3.83. The van der Waals surface area contributed by atoms with Crippen LogP contribution in [0.2, 0.25) is 5.02 Å². The summed E-state index contributed by atoms with van der Waals surface area (Å²) in [7, 11) is 0. The molecule has 168 valence electrons. The van der Waals surface area contributed by atoms with Crippen molar-refractivity contribution in [2.75, 3.05) is 18.0 Å². The van der Waals surface area contributed by atoms with Crippen LogP contribution in [0.1, 0.15) is 57.0 Å². The Hall–Kier alpha value is -2.66. The number of pyridine rings is 1. The van der Waals surface area contributed by atoms with E-state index in [1.807, 2.05) is 47.3 Å². The van der Waals surface area contributed by atoms with Crippen LogP contribution >= 0.6 is 11.6 Å². The Morgan fingerprint density at radius 3 is 2.53 bits per heavy atom. The molecule has 0 aliphatic carbocycles. The van der Waals surface area contributed by atoms with Crippen molar-refractivity contribution in [1.82, 2.24) is 14.8 Å². The molecule has 0 N–H and O–H groups in total. The summed E-state index contributed by atoms with van der Waals surface area (Å²) in [6, 6.07) is 13.9. The molecule has 3 aromatic rings. The number of carbonyl (C=O) groups excluding carboxylic acids is 1. The number of nitrogens with zero attached hydrogens (tertiary/aromatic N) is 4. The van der Waals surface area contributed by atoms with Crippen LogP contribution in [-0.4, -0.2) is 33.6 Å². The lowest BCUT2D eigenvalue weighted by molar-refractivity contribution is -0.118. The monoisotopic (exact) mass is 450 g/mol. The van der Waals surface area contributed by atoms with E-state index in [-0.39, 0.29) is 11.2 Å². The van der Waals surface area contributed by atoms with Crippen molar-refractivity contribution in [3.8, 4) is 5.69 Å². The molecule has 0 atom stereocenters. The summed E-state index contributed by atoms with van der Waals surface area (Å²) in [5.74, 6) is 1.22. The predicted octanol–water partition coefficient (Wildman–Crippen LogP) is 5.56. The zero-order valence-corrected chi connectivity index (χ0v) is 19.9. The highest BCUT2D eigenvalue weighted by Gasteiger charge is 2.21. The van der Waals surface area contributed by atoms with Gasteiger partial charge < -0.3 is 4.90 Å². The van der Waals surface area contributed by atoms with Crippen molar-refractivity contribution in [1.29, 1.82) is 0 Å². The van der Waals surface area contributed by atoms with Gasteiger partial charge in [-0.15, -0.1) is 0 Å². The first-order chi connectivity index (χ1) is 15.3. The van der Waals surface area contributed by atoms with E-state index in [4.69, 9.17) is 16.7 Å². The number of ketones is 1. The number of rotatable bonds is 7. The van der Waals surface area contributed by atoms with Gasteiger partial charge in [0.2, 0.25) is 0 Å². The molecule has 1 aliphatic rings. The maximum Gasteiger partial charge on any atom is 0.137 e. The SMILES string of the molecule is CC(C)(C)c1cc(CCC(=O)Cc2ccc(N3CCCC3)nc2)n(-c2cccc(Cl)c2)n1. The Labute approximate surface area is 195 Å². The second-order valence-electron chi connectivity index (χ2n) is 9.60. The molecule has 4 rings (SSSR count). The molecule has 2 aromatic heterocycles. The maximum atomic E-state index is 12.7. The molecule has 0 radical (unpaired) electrons. The third-order valence-electron chi connectivity index (χ3n) is 5.90. The fourth-order valence-corrected chi connectivity index (χ4v) is 4.22. The van der Waals surface area contributed by atoms with Gasteiger partial charge in [-0.1, -0.05) is 44.5 Å². The van der Waals surface area contributed by atoms with Gasteiger partial charge in [0.1, 0.15) is 11.6 Å². The summed E-state index contributed by atoms with van der Waals surface area (Å²) in [6.07, 6.45) is 5.80. The number of carbonyl (C=O) groups is 1. The van der Waals surface area contributed by atoms with Crippen molar-refractivity contribution in [2.24, 2.45) is 0 Å². The van der Waals surface area contributed by atoms with Gasteiger partial charge in [0.05, 0.1) is 11.4 Å². The highest BCUT2D eigenvalue weighted by Crippen LogP contribution is 2.25. The van der Waals surface area contributed by atoms with E-state index in [1.54, 1.807) is 0 Å². The Kier molecular flexibility index (Phi) is 6.66. The molecule has 32 heavy (non-hydrogen) atoms. The molecule has 1 saturated heterocycles. The minimum atomic E-state index is -0.0780. The Balaban J connectivity index is 1.44. The lowest BCUT2D eigenvalue weighted by Crippen LogP contribution is -2.18. The Morgan fingerprint density at radius 1 is 1.09 bits per heavy atom. The fraction of sp³-hybridized carbons (Fsp3) is 0.423. The highest BCUT2D eigenvalue weighted by atomic mass is 35.5. The first-order valence-corrected chi connectivity index (χ1v) is 11.7. The fourth-order valence-electron chi connectivity index (χ4n) is 4.03. The van der Waals surface area contributed by atoms with Gasteiger partial charge in [-0.25, -0.2) is 9.67 Å². The summed E-state index contributed by atoms with van der Waals surface area (Å²) in [6.45, 7) is 8.58. The van der Waals surface area contributed by atoms with Gasteiger partial charge in [-0.3, -0.25) is 4.79 Å². The van der Waals surface area contributed by atoms with Gasteiger partial charge in [-0.05, 0) is 55.2 Å². The number of hydrogen-bond acceptors (Lipinski definition) is 4. The van der Waals surface area contributed by atoms with Crippen molar-refractivity contribution in [3.63, 3.8) is 0 Å². The van der Waals surface area contributed by atoms with Crippen LogP contribution in [0.5, 0.6) is 0 Å². The minimum absolute atomic E-state index is 0.0780. The molecule has 1 aliphatic heterocycles. The van der Waals surface area contributed by atoms with E-state index in [2.05, 4.69) is 36.7 Å². The number of benzene rings is 1. The molecule has 0 unspecified atom stereocenters. The second kappa shape index (κ2) is 9.45. The molecule has 0 bridgehead atoms. The standard InChI is InChI=1S/C26H31ClN4O/c1-26(2,3)24-17-22(31(29-24)21-8-6-7-20(27)16-21)10-11-23(32)15-19-9-12-25(28-18-19)30-13-4-5-14-30/h6-9,12,16-18H,4-5,10-11,13-15H2,1-3H3. The molecule has 0 spiro atoms. The number of halogens is 1. The lowest BCUT2D eigenvalue weighted by atomic mass is 9.92. The number of aromatic nitrogens is 3. The molecule has 0 amide bonds. The minimum Gasteiger partial charge on any atom is -0.357 e. The van der Waals surface area contributed by atoms with Crippen molar-refractivity contribution >= 4 is 23.2 Å². The van der Waals surface area contributed by atoms with Gasteiger partial charge in [0.15, 0.2) is 0 Å². The van der Waals surface area contributed by atoms with E-state index in [0.717, 1.165) is 41.5 Å². The first-order valence-electron chi connectivity index (χ1n) is 11.4. The highest BCUT2D eigenvalue weighted by molar-refractivity contribution is 6.30. The third-order valence-corrected chi connectivity index (χ3v) is 6.14. The van der Waals surface area contributed by atoms with Crippen LogP contribution in [0.25, 0.3) is 5.69 Å². The van der Waals surface area contributed by atoms with E-state index in [1.165, 1.54) is 12.8 Å². The summed E-state index contributed by atoms with van der Waals surface area (Å²) < 4.78 is 1.92. The zero-order valence-electron chi connectivity index (χ0n) is 19.1. The van der Waals surface area contributed by atoms with Gasteiger partial charge in [-0.2, -0.15) is 5.10 Å². The molecule has 0 saturated carbocycles. The van der Waals surface area contributed by atoms with Gasteiger partial charge in [0, 0.05) is 48.3 Å². The van der Waals surface area contributed by atoms with Crippen LogP contribution in [0, 0.1) is 0 Å². The maximum absolute atomic E-state index is 12.7. The van der Waals surface area contributed by atoms with E-state index in [9.17, 15) is 4.79 Å². The third kappa shape index (κ3) is 5.39. The van der Waals surface area contributed by atoms with Gasteiger partial charge in [0.25, 0.3) is 0 Å². The van der Waals surface area contributed by atoms with Crippen LogP contribution in [-0.2, 0) is 23.1 Å². The topological polar surface area (TPSA) is 51.0 Å². The average Bonchev–Trinajstić information content (AvgIpc) is 3.43. The first kappa shape index (κ1) is 22.5.